The average Bonchev–Trinajstić information content (AvgIpc) is 2.31. The van der Waals surface area contributed by atoms with Crippen molar-refractivity contribution in [1.82, 2.24) is 10.6 Å². The lowest BCUT2D eigenvalue weighted by molar-refractivity contribution is -0.121. The molecule has 0 atom stereocenters. The van der Waals surface area contributed by atoms with Gasteiger partial charge in [-0.2, -0.15) is 0 Å². The van der Waals surface area contributed by atoms with Gasteiger partial charge in [-0.25, -0.2) is 0 Å². The third-order valence-electron chi connectivity index (χ3n) is 3.01. The molecule has 0 fully saturated rings. The van der Waals surface area contributed by atoms with Crippen molar-refractivity contribution in [2.24, 2.45) is 5.92 Å². The quantitative estimate of drug-likeness (QED) is 0.536. The second kappa shape index (κ2) is 8.48. The summed E-state index contributed by atoms with van der Waals surface area (Å²) in [6.45, 7) is 9.99. The minimum Gasteiger partial charge on any atom is -0.389 e. The van der Waals surface area contributed by atoms with E-state index in [2.05, 4.69) is 24.5 Å². The van der Waals surface area contributed by atoms with Crippen LogP contribution in [0.4, 0.5) is 0 Å². The summed E-state index contributed by atoms with van der Waals surface area (Å²) in [4.78, 5) is 11.4. The van der Waals surface area contributed by atoms with Crippen molar-refractivity contribution in [2.45, 2.75) is 52.6 Å². The van der Waals surface area contributed by atoms with E-state index in [0.717, 1.165) is 19.4 Å². The van der Waals surface area contributed by atoms with Gasteiger partial charge in [0.25, 0.3) is 0 Å². The smallest absolute Gasteiger partial charge is 0.221 e. The maximum absolute atomic E-state index is 11.4. The molecular formula is C13H28N2O2. The highest BCUT2D eigenvalue weighted by Crippen LogP contribution is 2.12. The van der Waals surface area contributed by atoms with Crippen molar-refractivity contribution >= 4 is 5.91 Å². The molecule has 0 aliphatic heterocycles. The zero-order chi connectivity index (χ0) is 13.3. The number of nitrogens with one attached hydrogen (secondary N) is 2. The van der Waals surface area contributed by atoms with E-state index in [9.17, 15) is 9.90 Å². The number of carbonyl (C=O) groups is 1. The first-order valence-electron chi connectivity index (χ1n) is 6.63. The highest BCUT2D eigenvalue weighted by atomic mass is 16.3. The number of rotatable bonds is 9. The van der Waals surface area contributed by atoms with Gasteiger partial charge in [-0.15, -0.1) is 0 Å². The molecule has 0 aromatic heterocycles. The van der Waals surface area contributed by atoms with Gasteiger partial charge in [0.15, 0.2) is 0 Å². The zero-order valence-electron chi connectivity index (χ0n) is 11.7. The zero-order valence-corrected chi connectivity index (χ0v) is 11.7. The Kier molecular flexibility index (Phi) is 8.17. The second-order valence-corrected chi connectivity index (χ2v) is 5.06. The van der Waals surface area contributed by atoms with Crippen molar-refractivity contribution < 1.29 is 9.90 Å². The minimum atomic E-state index is -0.631. The van der Waals surface area contributed by atoms with Crippen LogP contribution < -0.4 is 10.6 Å². The molecule has 1 amide bonds. The van der Waals surface area contributed by atoms with Crippen molar-refractivity contribution in [3.05, 3.63) is 0 Å². The van der Waals surface area contributed by atoms with Crippen LogP contribution in [0.15, 0.2) is 0 Å². The molecule has 0 bridgehead atoms. The molecule has 0 rings (SSSR count). The predicted molar refractivity (Wildman–Crippen MR) is 70.9 cm³/mol. The maximum Gasteiger partial charge on any atom is 0.221 e. The van der Waals surface area contributed by atoms with E-state index in [-0.39, 0.29) is 5.91 Å². The third kappa shape index (κ3) is 8.16. The largest absolute Gasteiger partial charge is 0.389 e. The Morgan fingerprint density at radius 2 is 1.88 bits per heavy atom. The summed E-state index contributed by atoms with van der Waals surface area (Å²) in [5.74, 6) is 0.555. The molecule has 4 nitrogen and oxygen atoms in total. The summed E-state index contributed by atoms with van der Waals surface area (Å²) in [6, 6.07) is 0. The van der Waals surface area contributed by atoms with E-state index in [1.54, 1.807) is 0 Å². The first-order valence-corrected chi connectivity index (χ1v) is 6.63. The first kappa shape index (κ1) is 16.4. The number of aliphatic hydroxyl groups is 1. The molecule has 0 heterocycles. The van der Waals surface area contributed by atoms with Crippen LogP contribution in [-0.2, 0) is 4.79 Å². The van der Waals surface area contributed by atoms with Crippen LogP contribution in [0.2, 0.25) is 0 Å². The van der Waals surface area contributed by atoms with Crippen LogP contribution >= 0.6 is 0 Å². The SMILES string of the molecule is CCC(O)(CC)CNCCC(=O)NCC(C)C. The molecule has 0 saturated carbocycles. The van der Waals surface area contributed by atoms with Crippen molar-refractivity contribution in [3.63, 3.8) is 0 Å². The van der Waals surface area contributed by atoms with Gasteiger partial charge in [0.2, 0.25) is 5.91 Å². The highest BCUT2D eigenvalue weighted by Gasteiger charge is 2.21. The molecule has 17 heavy (non-hydrogen) atoms. The molecule has 3 N–H and O–H groups in total. The monoisotopic (exact) mass is 244 g/mol. The molecule has 0 aliphatic carbocycles. The van der Waals surface area contributed by atoms with E-state index in [4.69, 9.17) is 0 Å². The summed E-state index contributed by atoms with van der Waals surface area (Å²) in [5.41, 5.74) is -0.631. The Bertz CT molecular complexity index is 213. The van der Waals surface area contributed by atoms with Crippen LogP contribution in [0.1, 0.15) is 47.0 Å². The van der Waals surface area contributed by atoms with E-state index < -0.39 is 5.60 Å². The van der Waals surface area contributed by atoms with Gasteiger partial charge in [-0.1, -0.05) is 27.7 Å². The standard InChI is InChI=1S/C13H28N2O2/c1-5-13(17,6-2)10-14-8-7-12(16)15-9-11(3)4/h11,14,17H,5-10H2,1-4H3,(H,15,16). The van der Waals surface area contributed by atoms with Crippen LogP contribution in [0.5, 0.6) is 0 Å². The normalized spacial score (nSPS) is 11.9. The summed E-state index contributed by atoms with van der Waals surface area (Å²) in [7, 11) is 0. The summed E-state index contributed by atoms with van der Waals surface area (Å²) >= 11 is 0. The molecule has 0 radical (unpaired) electrons. The lowest BCUT2D eigenvalue weighted by Gasteiger charge is -2.25. The Hall–Kier alpha value is -0.610. The van der Waals surface area contributed by atoms with E-state index in [1.807, 2.05) is 13.8 Å². The Balaban J connectivity index is 3.60. The van der Waals surface area contributed by atoms with Gasteiger partial charge >= 0.3 is 0 Å². The number of hydrogen-bond donors (Lipinski definition) is 3. The molecule has 4 heteroatoms. The molecular weight excluding hydrogens is 216 g/mol. The average molecular weight is 244 g/mol. The van der Waals surface area contributed by atoms with Gasteiger partial charge < -0.3 is 15.7 Å². The predicted octanol–water partition coefficient (Wildman–Crippen LogP) is 1.29. The van der Waals surface area contributed by atoms with Gasteiger partial charge in [0, 0.05) is 26.1 Å². The van der Waals surface area contributed by atoms with Crippen molar-refractivity contribution in [3.8, 4) is 0 Å². The van der Waals surface area contributed by atoms with Crippen LogP contribution in [0.25, 0.3) is 0 Å². The number of hydrogen-bond acceptors (Lipinski definition) is 3. The molecule has 102 valence electrons. The fourth-order valence-corrected chi connectivity index (χ4v) is 1.43. The Morgan fingerprint density at radius 3 is 2.35 bits per heavy atom. The molecule has 0 aromatic carbocycles. The Labute approximate surface area is 105 Å². The number of carbonyl (C=O) groups excluding carboxylic acids is 1. The van der Waals surface area contributed by atoms with Crippen LogP contribution in [-0.4, -0.2) is 36.2 Å². The lowest BCUT2D eigenvalue weighted by atomic mass is 9.98. The molecule has 0 aliphatic rings. The molecule has 0 unspecified atom stereocenters. The first-order chi connectivity index (χ1) is 7.93. The molecule has 0 spiro atoms. The Morgan fingerprint density at radius 1 is 1.29 bits per heavy atom. The van der Waals surface area contributed by atoms with E-state index >= 15 is 0 Å². The van der Waals surface area contributed by atoms with Gasteiger partial charge in [0.1, 0.15) is 0 Å². The van der Waals surface area contributed by atoms with Crippen molar-refractivity contribution in [1.29, 1.82) is 0 Å². The fraction of sp³-hybridized carbons (Fsp3) is 0.923. The van der Waals surface area contributed by atoms with Gasteiger partial charge in [-0.05, 0) is 18.8 Å². The number of amides is 1. The van der Waals surface area contributed by atoms with Gasteiger partial charge in [-0.3, -0.25) is 4.79 Å². The van der Waals surface area contributed by atoms with Crippen LogP contribution in [0.3, 0.4) is 0 Å². The topological polar surface area (TPSA) is 61.4 Å². The summed E-state index contributed by atoms with van der Waals surface area (Å²) in [6.07, 6.45) is 1.93. The summed E-state index contributed by atoms with van der Waals surface area (Å²) in [5, 5.41) is 16.0. The summed E-state index contributed by atoms with van der Waals surface area (Å²) < 4.78 is 0. The molecule has 0 aromatic rings. The second-order valence-electron chi connectivity index (χ2n) is 5.06. The van der Waals surface area contributed by atoms with E-state index in [1.165, 1.54) is 0 Å². The van der Waals surface area contributed by atoms with E-state index in [0.29, 0.717) is 25.4 Å². The van der Waals surface area contributed by atoms with Crippen LogP contribution in [0, 0.1) is 5.92 Å². The lowest BCUT2D eigenvalue weighted by Crippen LogP contribution is -2.40. The van der Waals surface area contributed by atoms with Gasteiger partial charge in [0.05, 0.1) is 5.60 Å². The highest BCUT2D eigenvalue weighted by molar-refractivity contribution is 5.76. The maximum atomic E-state index is 11.4. The van der Waals surface area contributed by atoms with Crippen molar-refractivity contribution in [2.75, 3.05) is 19.6 Å². The third-order valence-corrected chi connectivity index (χ3v) is 3.01. The molecule has 0 saturated heterocycles. The fourth-order valence-electron chi connectivity index (χ4n) is 1.43. The minimum absolute atomic E-state index is 0.0720.